The fourth-order valence-electron chi connectivity index (χ4n) is 2.59. The molecular formula is C12H23N5. The van der Waals surface area contributed by atoms with Gasteiger partial charge in [0.15, 0.2) is 5.82 Å². The number of hydrogen-bond donors (Lipinski definition) is 1. The van der Waals surface area contributed by atoms with Crippen molar-refractivity contribution >= 4 is 11.5 Å². The van der Waals surface area contributed by atoms with Gasteiger partial charge in [-0.1, -0.05) is 6.92 Å². The van der Waals surface area contributed by atoms with Crippen molar-refractivity contribution in [1.29, 1.82) is 0 Å². The summed E-state index contributed by atoms with van der Waals surface area (Å²) >= 11 is 0. The van der Waals surface area contributed by atoms with E-state index in [1.54, 1.807) is 4.68 Å². The Morgan fingerprint density at radius 2 is 2.18 bits per heavy atom. The number of rotatable bonds is 2. The highest BCUT2D eigenvalue weighted by Gasteiger charge is 2.25. The Bertz CT molecular complexity index is 373. The molecule has 1 atom stereocenters. The summed E-state index contributed by atoms with van der Waals surface area (Å²) in [6, 6.07) is 0.514. The van der Waals surface area contributed by atoms with Crippen LogP contribution in [0.1, 0.15) is 19.8 Å². The summed E-state index contributed by atoms with van der Waals surface area (Å²) in [4.78, 5) is 4.77. The number of nitrogens with zero attached hydrogens (tertiary/aromatic N) is 4. The minimum absolute atomic E-state index is 0.514. The number of likely N-dealkylation sites (N-methyl/N-ethyl adjacent to an activating group) is 1. The molecule has 5 nitrogen and oxygen atoms in total. The second-order valence-electron chi connectivity index (χ2n) is 4.95. The van der Waals surface area contributed by atoms with Crippen LogP contribution in [0.25, 0.3) is 0 Å². The van der Waals surface area contributed by atoms with Gasteiger partial charge in [-0.2, -0.15) is 5.10 Å². The molecule has 1 unspecified atom stereocenters. The van der Waals surface area contributed by atoms with Crippen LogP contribution in [-0.4, -0.2) is 47.4 Å². The van der Waals surface area contributed by atoms with Crippen molar-refractivity contribution in [3.05, 3.63) is 6.20 Å². The summed E-state index contributed by atoms with van der Waals surface area (Å²) in [5, 5.41) is 4.50. The number of aryl methyl sites for hydroxylation is 1. The van der Waals surface area contributed by atoms with Crippen LogP contribution in [-0.2, 0) is 7.05 Å². The maximum absolute atomic E-state index is 6.04. The van der Waals surface area contributed by atoms with Gasteiger partial charge in [-0.3, -0.25) is 4.68 Å². The summed E-state index contributed by atoms with van der Waals surface area (Å²) in [6.07, 6.45) is 4.18. The fourth-order valence-corrected chi connectivity index (χ4v) is 2.59. The summed E-state index contributed by atoms with van der Waals surface area (Å²) in [5.74, 6) is 0.953. The second kappa shape index (κ2) is 4.96. The lowest BCUT2D eigenvalue weighted by molar-refractivity contribution is 0.327. The zero-order valence-electron chi connectivity index (χ0n) is 11.1. The highest BCUT2D eigenvalue weighted by Crippen LogP contribution is 2.25. The Balaban J connectivity index is 2.25. The SMILES string of the molecule is CCC1CN(C)CCCN1c1nn(C)cc1N. The van der Waals surface area contributed by atoms with E-state index in [0.29, 0.717) is 6.04 Å². The lowest BCUT2D eigenvalue weighted by Crippen LogP contribution is -2.40. The predicted octanol–water partition coefficient (Wildman–Crippen LogP) is 0.923. The van der Waals surface area contributed by atoms with Crippen LogP contribution in [0.3, 0.4) is 0 Å². The average molecular weight is 237 g/mol. The van der Waals surface area contributed by atoms with Gasteiger partial charge in [-0.15, -0.1) is 0 Å². The monoisotopic (exact) mass is 237 g/mol. The standard InChI is InChI=1S/C12H23N5/c1-4-10-8-15(2)6-5-7-17(10)12-11(13)9-16(3)14-12/h9-10H,4-8,13H2,1-3H3. The summed E-state index contributed by atoms with van der Waals surface area (Å²) in [5.41, 5.74) is 6.82. The first-order chi connectivity index (χ1) is 8.11. The molecule has 0 amide bonds. The van der Waals surface area contributed by atoms with E-state index in [-0.39, 0.29) is 0 Å². The Hall–Kier alpha value is -1.23. The molecule has 2 heterocycles. The normalized spacial score (nSPS) is 22.8. The van der Waals surface area contributed by atoms with E-state index in [1.165, 1.54) is 6.42 Å². The van der Waals surface area contributed by atoms with E-state index >= 15 is 0 Å². The highest BCUT2D eigenvalue weighted by molar-refractivity contribution is 5.62. The van der Waals surface area contributed by atoms with Crippen LogP contribution in [0.5, 0.6) is 0 Å². The van der Waals surface area contributed by atoms with Gasteiger partial charge in [-0.05, 0) is 26.4 Å². The molecule has 17 heavy (non-hydrogen) atoms. The van der Waals surface area contributed by atoms with Crippen molar-refractivity contribution in [2.24, 2.45) is 7.05 Å². The van der Waals surface area contributed by atoms with E-state index in [4.69, 9.17) is 5.73 Å². The van der Waals surface area contributed by atoms with Crippen molar-refractivity contribution < 1.29 is 0 Å². The summed E-state index contributed by atoms with van der Waals surface area (Å²) in [6.45, 7) is 5.52. The quantitative estimate of drug-likeness (QED) is 0.831. The van der Waals surface area contributed by atoms with Crippen molar-refractivity contribution in [3.8, 4) is 0 Å². The van der Waals surface area contributed by atoms with Gasteiger partial charge in [0.1, 0.15) is 0 Å². The van der Waals surface area contributed by atoms with E-state index in [2.05, 4.69) is 28.9 Å². The summed E-state index contributed by atoms with van der Waals surface area (Å²) < 4.78 is 1.80. The van der Waals surface area contributed by atoms with Crippen LogP contribution < -0.4 is 10.6 Å². The molecule has 0 bridgehead atoms. The van der Waals surface area contributed by atoms with Gasteiger partial charge >= 0.3 is 0 Å². The molecule has 5 heteroatoms. The Morgan fingerprint density at radius 1 is 1.41 bits per heavy atom. The predicted molar refractivity (Wildman–Crippen MR) is 71.2 cm³/mol. The molecule has 1 aliphatic rings. The third-order valence-electron chi connectivity index (χ3n) is 3.48. The zero-order chi connectivity index (χ0) is 12.4. The largest absolute Gasteiger partial charge is 0.394 e. The van der Waals surface area contributed by atoms with Crippen LogP contribution in [0.2, 0.25) is 0 Å². The molecule has 1 saturated heterocycles. The molecule has 0 radical (unpaired) electrons. The van der Waals surface area contributed by atoms with Crippen LogP contribution in [0.15, 0.2) is 6.20 Å². The lowest BCUT2D eigenvalue weighted by atomic mass is 10.2. The number of nitrogen functional groups attached to an aromatic ring is 1. The Morgan fingerprint density at radius 3 is 2.76 bits per heavy atom. The highest BCUT2D eigenvalue weighted by atomic mass is 15.4. The topological polar surface area (TPSA) is 50.3 Å². The van der Waals surface area contributed by atoms with Crippen molar-refractivity contribution in [2.45, 2.75) is 25.8 Å². The van der Waals surface area contributed by atoms with Crippen LogP contribution in [0, 0.1) is 0 Å². The molecule has 0 aromatic carbocycles. The van der Waals surface area contributed by atoms with Crippen LogP contribution in [0.4, 0.5) is 11.5 Å². The van der Waals surface area contributed by atoms with Crippen molar-refractivity contribution in [3.63, 3.8) is 0 Å². The first-order valence-corrected chi connectivity index (χ1v) is 6.36. The minimum atomic E-state index is 0.514. The lowest BCUT2D eigenvalue weighted by Gasteiger charge is -2.30. The van der Waals surface area contributed by atoms with Crippen LogP contribution >= 0.6 is 0 Å². The Kier molecular flexibility index (Phi) is 3.57. The molecular weight excluding hydrogens is 214 g/mol. The van der Waals surface area contributed by atoms with Gasteiger partial charge in [-0.25, -0.2) is 0 Å². The second-order valence-corrected chi connectivity index (χ2v) is 4.95. The van der Waals surface area contributed by atoms with Crippen molar-refractivity contribution in [2.75, 3.05) is 37.3 Å². The van der Waals surface area contributed by atoms with E-state index < -0.39 is 0 Å². The maximum atomic E-state index is 6.04. The summed E-state index contributed by atoms with van der Waals surface area (Å²) in [7, 11) is 4.11. The molecule has 1 aromatic rings. The maximum Gasteiger partial charge on any atom is 0.174 e. The minimum Gasteiger partial charge on any atom is -0.394 e. The molecule has 1 fully saturated rings. The molecule has 1 aliphatic heterocycles. The van der Waals surface area contributed by atoms with Gasteiger partial charge in [0, 0.05) is 32.4 Å². The molecule has 1 aromatic heterocycles. The van der Waals surface area contributed by atoms with E-state index in [9.17, 15) is 0 Å². The molecule has 0 aliphatic carbocycles. The molecule has 0 saturated carbocycles. The number of anilines is 2. The first-order valence-electron chi connectivity index (χ1n) is 6.36. The van der Waals surface area contributed by atoms with Gasteiger partial charge < -0.3 is 15.5 Å². The average Bonchev–Trinajstić information content (AvgIpc) is 2.50. The number of hydrogen-bond acceptors (Lipinski definition) is 4. The molecule has 96 valence electrons. The number of aromatic nitrogens is 2. The molecule has 2 rings (SSSR count). The Labute approximate surface area is 103 Å². The van der Waals surface area contributed by atoms with Gasteiger partial charge in [0.25, 0.3) is 0 Å². The first kappa shape index (κ1) is 12.2. The van der Waals surface area contributed by atoms with Gasteiger partial charge in [0.2, 0.25) is 0 Å². The zero-order valence-corrected chi connectivity index (χ0v) is 11.1. The van der Waals surface area contributed by atoms with E-state index in [0.717, 1.165) is 37.6 Å². The molecule has 0 spiro atoms. The fraction of sp³-hybridized carbons (Fsp3) is 0.750. The van der Waals surface area contributed by atoms with Crippen molar-refractivity contribution in [1.82, 2.24) is 14.7 Å². The molecule has 2 N–H and O–H groups in total. The van der Waals surface area contributed by atoms with Gasteiger partial charge in [0.05, 0.1) is 5.69 Å². The van der Waals surface area contributed by atoms with E-state index in [1.807, 2.05) is 13.2 Å². The smallest absolute Gasteiger partial charge is 0.174 e. The number of nitrogens with two attached hydrogens (primary N) is 1. The third-order valence-corrected chi connectivity index (χ3v) is 3.48. The third kappa shape index (κ3) is 2.54.